The lowest BCUT2D eigenvalue weighted by Crippen LogP contribution is -2.53. The molecule has 1 aliphatic rings. The molecule has 1 fully saturated rings. The molecule has 1 aliphatic heterocycles. The molecule has 1 N–H and O–H groups in total. The summed E-state index contributed by atoms with van der Waals surface area (Å²) in [5.74, 6) is 1.18. The van der Waals surface area contributed by atoms with Gasteiger partial charge >= 0.3 is 0 Å². The van der Waals surface area contributed by atoms with Crippen LogP contribution in [0.25, 0.3) is 0 Å². The minimum atomic E-state index is -0.0626. The van der Waals surface area contributed by atoms with Crippen molar-refractivity contribution in [3.8, 4) is 0 Å². The minimum Gasteiger partial charge on any atom is -0.459 e. The largest absolute Gasteiger partial charge is 0.459 e. The number of aryl methyl sites for hydroxylation is 1. The van der Waals surface area contributed by atoms with Crippen molar-refractivity contribution < 1.29 is 9.21 Å². The second-order valence-corrected chi connectivity index (χ2v) is 7.41. The summed E-state index contributed by atoms with van der Waals surface area (Å²) < 4.78 is 5.20. The summed E-state index contributed by atoms with van der Waals surface area (Å²) in [5.41, 5.74) is 1.09. The zero-order chi connectivity index (χ0) is 19.9. The number of nitrogens with one attached hydrogen (secondary N) is 1. The number of benzene rings is 1. The Morgan fingerprint density at radius 2 is 1.90 bits per heavy atom. The molecule has 6 nitrogen and oxygen atoms in total. The van der Waals surface area contributed by atoms with Crippen LogP contribution < -0.4 is 5.32 Å². The van der Waals surface area contributed by atoms with Gasteiger partial charge in [-0.05, 0) is 42.7 Å². The molecule has 29 heavy (non-hydrogen) atoms. The molecule has 0 bridgehead atoms. The first-order valence-corrected chi connectivity index (χ1v) is 10.1. The summed E-state index contributed by atoms with van der Waals surface area (Å²) in [5, 5.41) is 4.75. The Balaban J connectivity index is 0.00000300. The Labute approximate surface area is 198 Å². The fourth-order valence-electron chi connectivity index (χ4n) is 3.21. The van der Waals surface area contributed by atoms with Crippen molar-refractivity contribution in [3.63, 3.8) is 0 Å². The van der Waals surface area contributed by atoms with E-state index in [1.165, 1.54) is 6.26 Å². The van der Waals surface area contributed by atoms with Gasteiger partial charge in [0.2, 0.25) is 0 Å². The van der Waals surface area contributed by atoms with E-state index in [9.17, 15) is 4.79 Å². The second kappa shape index (κ2) is 11.7. The number of guanidine groups is 1. The van der Waals surface area contributed by atoms with Crippen LogP contribution in [0.2, 0.25) is 10.0 Å². The Morgan fingerprint density at radius 3 is 2.52 bits per heavy atom. The predicted molar refractivity (Wildman–Crippen MR) is 128 cm³/mol. The maximum Gasteiger partial charge on any atom is 0.289 e. The van der Waals surface area contributed by atoms with Crippen LogP contribution in [0.4, 0.5) is 0 Å². The number of hydrogen-bond acceptors (Lipinski definition) is 3. The summed E-state index contributed by atoms with van der Waals surface area (Å²) >= 11 is 12.2. The zero-order valence-electron chi connectivity index (χ0n) is 16.2. The predicted octanol–water partition coefficient (Wildman–Crippen LogP) is 4.17. The molecular formula is C20H25Cl2IN4O2. The average molecular weight is 551 g/mol. The van der Waals surface area contributed by atoms with Crippen LogP contribution in [0.1, 0.15) is 22.5 Å². The summed E-state index contributed by atoms with van der Waals surface area (Å²) in [4.78, 5) is 20.7. The quantitative estimate of drug-likeness (QED) is 0.263. The second-order valence-electron chi connectivity index (χ2n) is 6.57. The van der Waals surface area contributed by atoms with Crippen molar-refractivity contribution in [1.29, 1.82) is 0 Å². The van der Waals surface area contributed by atoms with Gasteiger partial charge in [0.1, 0.15) is 0 Å². The van der Waals surface area contributed by atoms with Gasteiger partial charge in [0.15, 0.2) is 11.7 Å². The highest BCUT2D eigenvalue weighted by Gasteiger charge is 2.25. The van der Waals surface area contributed by atoms with Crippen molar-refractivity contribution in [2.45, 2.75) is 12.8 Å². The van der Waals surface area contributed by atoms with Crippen molar-refractivity contribution >= 4 is 59.0 Å². The van der Waals surface area contributed by atoms with Crippen LogP contribution in [0, 0.1) is 0 Å². The van der Waals surface area contributed by atoms with Gasteiger partial charge in [-0.2, -0.15) is 0 Å². The molecule has 0 radical (unpaired) electrons. The van der Waals surface area contributed by atoms with Gasteiger partial charge in [-0.1, -0.05) is 29.3 Å². The standard InChI is InChI=1S/C20H24Cl2N4O2.HI/c1-23-20(24-8-2-4-15-6-7-16(21)14-17(15)22)26-11-9-25(10-12-26)19(27)18-5-3-13-28-18;/h3,5-7,13-14H,2,4,8-12H2,1H3,(H,23,24);1H. The number of halogens is 3. The van der Waals surface area contributed by atoms with Gasteiger partial charge in [0.25, 0.3) is 5.91 Å². The molecule has 9 heteroatoms. The highest BCUT2D eigenvalue weighted by atomic mass is 127. The van der Waals surface area contributed by atoms with Gasteiger partial charge < -0.3 is 19.5 Å². The highest BCUT2D eigenvalue weighted by molar-refractivity contribution is 14.0. The number of amides is 1. The van der Waals surface area contributed by atoms with Crippen LogP contribution >= 0.6 is 47.2 Å². The summed E-state index contributed by atoms with van der Waals surface area (Å²) in [6, 6.07) is 9.02. The fraction of sp³-hybridized carbons (Fsp3) is 0.400. The van der Waals surface area contributed by atoms with Crippen LogP contribution in [-0.2, 0) is 6.42 Å². The third-order valence-corrected chi connectivity index (χ3v) is 5.32. The molecule has 158 valence electrons. The molecule has 0 spiro atoms. The number of furan rings is 1. The molecule has 0 unspecified atom stereocenters. The first-order valence-electron chi connectivity index (χ1n) is 9.31. The van der Waals surface area contributed by atoms with E-state index in [4.69, 9.17) is 27.6 Å². The summed E-state index contributed by atoms with van der Waals surface area (Å²) in [7, 11) is 1.78. The van der Waals surface area contributed by atoms with E-state index in [0.29, 0.717) is 28.9 Å². The topological polar surface area (TPSA) is 61.1 Å². The van der Waals surface area contributed by atoms with E-state index in [1.807, 2.05) is 17.0 Å². The van der Waals surface area contributed by atoms with E-state index < -0.39 is 0 Å². The van der Waals surface area contributed by atoms with E-state index in [1.54, 1.807) is 25.2 Å². The van der Waals surface area contributed by atoms with E-state index in [-0.39, 0.29) is 29.9 Å². The fourth-order valence-corrected chi connectivity index (χ4v) is 3.72. The highest BCUT2D eigenvalue weighted by Crippen LogP contribution is 2.21. The number of carbonyl (C=O) groups excluding carboxylic acids is 1. The lowest BCUT2D eigenvalue weighted by atomic mass is 10.1. The van der Waals surface area contributed by atoms with Gasteiger partial charge in [-0.25, -0.2) is 0 Å². The Hall–Kier alpha value is -1.45. The number of aliphatic imine (C=N–C) groups is 1. The van der Waals surface area contributed by atoms with Gasteiger partial charge in [0.05, 0.1) is 6.26 Å². The zero-order valence-corrected chi connectivity index (χ0v) is 20.1. The molecule has 0 saturated carbocycles. The molecule has 2 aromatic rings. The summed E-state index contributed by atoms with van der Waals surface area (Å²) in [6.07, 6.45) is 3.31. The first-order chi connectivity index (χ1) is 13.6. The Bertz CT molecular complexity index is 822. The Kier molecular flexibility index (Phi) is 9.58. The molecule has 2 heterocycles. The molecule has 1 saturated heterocycles. The van der Waals surface area contributed by atoms with Gasteiger partial charge in [-0.3, -0.25) is 9.79 Å². The first kappa shape index (κ1) is 23.8. The van der Waals surface area contributed by atoms with Gasteiger partial charge in [0, 0.05) is 49.8 Å². The maximum atomic E-state index is 12.3. The monoisotopic (exact) mass is 550 g/mol. The van der Waals surface area contributed by atoms with Gasteiger partial charge in [-0.15, -0.1) is 24.0 Å². The molecule has 0 aliphatic carbocycles. The number of rotatable bonds is 5. The lowest BCUT2D eigenvalue weighted by molar-refractivity contribution is 0.0658. The normalized spacial score (nSPS) is 14.5. The molecule has 0 atom stereocenters. The molecule has 1 aromatic heterocycles. The Morgan fingerprint density at radius 1 is 1.17 bits per heavy atom. The van der Waals surface area contributed by atoms with Crippen molar-refractivity contribution in [3.05, 3.63) is 58.0 Å². The number of piperazine rings is 1. The van der Waals surface area contributed by atoms with Crippen LogP contribution in [-0.4, -0.2) is 61.4 Å². The van der Waals surface area contributed by atoms with Crippen molar-refractivity contribution in [2.24, 2.45) is 4.99 Å². The average Bonchev–Trinajstić information content (AvgIpc) is 3.24. The van der Waals surface area contributed by atoms with Crippen LogP contribution in [0.3, 0.4) is 0 Å². The van der Waals surface area contributed by atoms with Crippen molar-refractivity contribution in [2.75, 3.05) is 39.8 Å². The molecule has 1 amide bonds. The minimum absolute atomic E-state index is 0. The third kappa shape index (κ3) is 6.52. The molecular weight excluding hydrogens is 526 g/mol. The third-order valence-electron chi connectivity index (χ3n) is 4.73. The maximum absolute atomic E-state index is 12.3. The summed E-state index contributed by atoms with van der Waals surface area (Å²) in [6.45, 7) is 3.53. The van der Waals surface area contributed by atoms with Crippen molar-refractivity contribution in [1.82, 2.24) is 15.1 Å². The van der Waals surface area contributed by atoms with Crippen LogP contribution in [0.5, 0.6) is 0 Å². The lowest BCUT2D eigenvalue weighted by Gasteiger charge is -2.36. The number of carbonyl (C=O) groups is 1. The smallest absolute Gasteiger partial charge is 0.289 e. The van der Waals surface area contributed by atoms with E-state index in [2.05, 4.69) is 15.2 Å². The number of hydrogen-bond donors (Lipinski definition) is 1. The molecule has 3 rings (SSSR count). The molecule has 1 aromatic carbocycles. The van der Waals surface area contributed by atoms with Crippen LogP contribution in [0.15, 0.2) is 46.0 Å². The number of nitrogens with zero attached hydrogens (tertiary/aromatic N) is 3. The SMILES string of the molecule is CN=C(NCCCc1ccc(Cl)cc1Cl)N1CCN(C(=O)c2ccco2)CC1.I. The van der Waals surface area contributed by atoms with E-state index >= 15 is 0 Å². The van der Waals surface area contributed by atoms with E-state index in [0.717, 1.165) is 44.0 Å².